The maximum absolute atomic E-state index is 15.1. The number of hydrogen-bond donors (Lipinski definition) is 1. The van der Waals surface area contributed by atoms with Crippen molar-refractivity contribution in [2.75, 3.05) is 6.61 Å². The molecule has 0 saturated carbocycles. The average molecular weight is 444 g/mol. The molecule has 33 heavy (non-hydrogen) atoms. The third kappa shape index (κ3) is 5.03. The minimum absolute atomic E-state index is 0.151. The first-order valence-electron chi connectivity index (χ1n) is 11.1. The van der Waals surface area contributed by atoms with Crippen LogP contribution in [0.5, 0.6) is 5.75 Å². The number of hydrogen-bond acceptors (Lipinski definition) is 3. The van der Waals surface area contributed by atoms with Gasteiger partial charge >= 0.3 is 5.97 Å². The second kappa shape index (κ2) is 9.82. The number of benzene rings is 3. The lowest BCUT2D eigenvalue weighted by atomic mass is 9.99. The molecule has 0 aliphatic rings. The van der Waals surface area contributed by atoms with Crippen LogP contribution in [-0.2, 0) is 0 Å². The van der Waals surface area contributed by atoms with Gasteiger partial charge in [0.05, 0.1) is 23.4 Å². The molecule has 0 radical (unpaired) electrons. The van der Waals surface area contributed by atoms with Gasteiger partial charge in [-0.05, 0) is 55.3 Å². The van der Waals surface area contributed by atoms with Gasteiger partial charge in [0.2, 0.25) is 0 Å². The molecule has 4 rings (SSSR count). The third-order valence-corrected chi connectivity index (χ3v) is 5.64. The molecule has 0 aliphatic heterocycles. The molecule has 4 aromatic rings. The molecule has 0 atom stereocenters. The molecule has 0 spiro atoms. The fourth-order valence-electron chi connectivity index (χ4n) is 3.85. The van der Waals surface area contributed by atoms with Gasteiger partial charge in [-0.1, -0.05) is 55.7 Å². The van der Waals surface area contributed by atoms with Crippen molar-refractivity contribution in [2.24, 2.45) is 0 Å². The topological polar surface area (TPSA) is 59.4 Å². The second-order valence-electron chi connectivity index (χ2n) is 8.16. The van der Waals surface area contributed by atoms with Crippen LogP contribution in [0.1, 0.15) is 42.1 Å². The minimum atomic E-state index is -1.04. The maximum Gasteiger partial charge on any atom is 0.336 e. The molecule has 5 heteroatoms. The lowest BCUT2D eigenvalue weighted by molar-refractivity contribution is 0.0699. The standard InChI is InChI=1S/C28H26FNO3/c1-3-4-5-14-33-21-10-7-19(8-11-21)22-12-9-20(16-25(22)29)27-17-24(28(31)32)23-15-18(2)6-13-26(23)30-27/h6-13,15-17H,3-5,14H2,1-2H3,(H,31,32). The number of halogens is 1. The Kier molecular flexibility index (Phi) is 6.68. The van der Waals surface area contributed by atoms with Crippen molar-refractivity contribution in [2.45, 2.75) is 33.1 Å². The van der Waals surface area contributed by atoms with Crippen LogP contribution in [0.25, 0.3) is 33.3 Å². The maximum atomic E-state index is 15.1. The number of pyridine rings is 1. The van der Waals surface area contributed by atoms with E-state index in [9.17, 15) is 9.90 Å². The summed E-state index contributed by atoms with van der Waals surface area (Å²) in [7, 11) is 0. The molecule has 1 heterocycles. The normalized spacial score (nSPS) is 11.0. The smallest absolute Gasteiger partial charge is 0.336 e. The minimum Gasteiger partial charge on any atom is -0.494 e. The van der Waals surface area contributed by atoms with Crippen molar-refractivity contribution in [3.63, 3.8) is 0 Å². The first kappa shape index (κ1) is 22.5. The first-order valence-corrected chi connectivity index (χ1v) is 11.1. The van der Waals surface area contributed by atoms with Crippen molar-refractivity contribution >= 4 is 16.9 Å². The molecule has 0 bridgehead atoms. The van der Waals surface area contributed by atoms with Crippen LogP contribution in [0.3, 0.4) is 0 Å². The quantitative estimate of drug-likeness (QED) is 0.291. The SMILES string of the molecule is CCCCCOc1ccc(-c2ccc(-c3cc(C(=O)O)c4cc(C)ccc4n3)cc2F)cc1. The fraction of sp³-hybridized carbons (Fsp3) is 0.214. The molecule has 4 nitrogen and oxygen atoms in total. The number of carbonyl (C=O) groups is 1. The Morgan fingerprint density at radius 1 is 0.970 bits per heavy atom. The molecule has 0 amide bonds. The van der Waals surface area contributed by atoms with Gasteiger partial charge < -0.3 is 9.84 Å². The molecule has 0 fully saturated rings. The Bertz CT molecular complexity index is 1300. The monoisotopic (exact) mass is 443 g/mol. The number of ether oxygens (including phenoxy) is 1. The summed E-state index contributed by atoms with van der Waals surface area (Å²) in [6.45, 7) is 4.72. The zero-order chi connectivity index (χ0) is 23.4. The first-order chi connectivity index (χ1) is 16.0. The summed E-state index contributed by atoms with van der Waals surface area (Å²) in [6.07, 6.45) is 3.29. The second-order valence-corrected chi connectivity index (χ2v) is 8.16. The van der Waals surface area contributed by atoms with Crippen LogP contribution in [0.15, 0.2) is 66.7 Å². The summed E-state index contributed by atoms with van der Waals surface area (Å²) in [5, 5.41) is 10.3. The van der Waals surface area contributed by atoms with Gasteiger partial charge in [-0.2, -0.15) is 0 Å². The van der Waals surface area contributed by atoms with E-state index in [-0.39, 0.29) is 5.56 Å². The van der Waals surface area contributed by atoms with Crippen LogP contribution in [0.2, 0.25) is 0 Å². The lowest BCUT2D eigenvalue weighted by Gasteiger charge is -2.11. The molecular formula is C28H26FNO3. The van der Waals surface area contributed by atoms with Gasteiger partial charge in [-0.3, -0.25) is 0 Å². The summed E-state index contributed by atoms with van der Waals surface area (Å²) >= 11 is 0. The van der Waals surface area contributed by atoms with Crippen molar-refractivity contribution in [1.82, 2.24) is 4.98 Å². The van der Waals surface area contributed by atoms with E-state index in [4.69, 9.17) is 4.74 Å². The van der Waals surface area contributed by atoms with E-state index in [0.29, 0.717) is 34.3 Å². The Morgan fingerprint density at radius 2 is 1.73 bits per heavy atom. The van der Waals surface area contributed by atoms with Crippen LogP contribution in [0.4, 0.5) is 4.39 Å². The molecule has 0 saturated heterocycles. The molecule has 0 aliphatic carbocycles. The fourth-order valence-corrected chi connectivity index (χ4v) is 3.85. The van der Waals surface area contributed by atoms with Gasteiger partial charge in [-0.25, -0.2) is 14.2 Å². The van der Waals surface area contributed by atoms with Gasteiger partial charge in [0.15, 0.2) is 0 Å². The van der Waals surface area contributed by atoms with Gasteiger partial charge in [0, 0.05) is 16.5 Å². The third-order valence-electron chi connectivity index (χ3n) is 5.64. The van der Waals surface area contributed by atoms with E-state index in [1.54, 1.807) is 24.3 Å². The Balaban J connectivity index is 1.62. The van der Waals surface area contributed by atoms with Crippen LogP contribution in [0, 0.1) is 12.7 Å². The Labute approximate surface area is 192 Å². The molecule has 1 N–H and O–H groups in total. The Morgan fingerprint density at radius 3 is 2.42 bits per heavy atom. The number of aromatic carboxylic acids is 1. The number of carboxylic acids is 1. The highest BCUT2D eigenvalue weighted by Crippen LogP contribution is 2.31. The van der Waals surface area contributed by atoms with Crippen molar-refractivity contribution in [3.05, 3.63) is 83.7 Å². The number of aryl methyl sites for hydroxylation is 1. The Hall–Kier alpha value is -3.73. The van der Waals surface area contributed by atoms with Crippen molar-refractivity contribution < 1.29 is 19.0 Å². The van der Waals surface area contributed by atoms with E-state index in [0.717, 1.165) is 36.1 Å². The zero-order valence-electron chi connectivity index (χ0n) is 18.8. The van der Waals surface area contributed by atoms with E-state index in [2.05, 4.69) is 11.9 Å². The number of rotatable bonds is 8. The zero-order valence-corrected chi connectivity index (χ0v) is 18.8. The van der Waals surface area contributed by atoms with Crippen molar-refractivity contribution in [1.29, 1.82) is 0 Å². The summed E-state index contributed by atoms with van der Waals surface area (Å²) in [4.78, 5) is 16.4. The average Bonchev–Trinajstić information content (AvgIpc) is 2.81. The number of aromatic nitrogens is 1. The predicted octanol–water partition coefficient (Wildman–Crippen LogP) is 7.28. The molecule has 168 valence electrons. The summed E-state index contributed by atoms with van der Waals surface area (Å²) in [5.41, 5.74) is 3.82. The van der Waals surface area contributed by atoms with Crippen LogP contribution in [-0.4, -0.2) is 22.7 Å². The number of nitrogens with zero attached hydrogens (tertiary/aromatic N) is 1. The van der Waals surface area contributed by atoms with E-state index in [1.807, 2.05) is 37.3 Å². The summed E-state index contributed by atoms with van der Waals surface area (Å²) < 4.78 is 20.8. The number of unbranched alkanes of at least 4 members (excludes halogenated alkanes) is 2. The highest BCUT2D eigenvalue weighted by molar-refractivity contribution is 6.04. The molecule has 1 aromatic heterocycles. The number of carboxylic acid groups (broad SMARTS) is 1. The van der Waals surface area contributed by atoms with E-state index < -0.39 is 11.8 Å². The highest BCUT2D eigenvalue weighted by Gasteiger charge is 2.15. The van der Waals surface area contributed by atoms with Gasteiger partial charge in [0.1, 0.15) is 11.6 Å². The van der Waals surface area contributed by atoms with E-state index >= 15 is 4.39 Å². The number of fused-ring (bicyclic) bond motifs is 1. The van der Waals surface area contributed by atoms with E-state index in [1.165, 1.54) is 12.1 Å². The van der Waals surface area contributed by atoms with Crippen LogP contribution < -0.4 is 4.74 Å². The summed E-state index contributed by atoms with van der Waals surface area (Å²) in [5.74, 6) is -0.668. The largest absolute Gasteiger partial charge is 0.494 e. The lowest BCUT2D eigenvalue weighted by Crippen LogP contribution is -2.01. The van der Waals surface area contributed by atoms with Crippen molar-refractivity contribution in [3.8, 4) is 28.1 Å². The van der Waals surface area contributed by atoms with Gasteiger partial charge in [-0.15, -0.1) is 0 Å². The summed E-state index contributed by atoms with van der Waals surface area (Å²) in [6, 6.07) is 19.2. The van der Waals surface area contributed by atoms with Crippen LogP contribution >= 0.6 is 0 Å². The molecule has 0 unspecified atom stereocenters. The molecule has 3 aromatic carbocycles. The predicted molar refractivity (Wildman–Crippen MR) is 129 cm³/mol. The van der Waals surface area contributed by atoms with Gasteiger partial charge in [0.25, 0.3) is 0 Å². The molecular weight excluding hydrogens is 417 g/mol. The highest BCUT2D eigenvalue weighted by atomic mass is 19.1.